The molecule has 0 fully saturated rings. The Kier molecular flexibility index (Phi) is 4.63. The van der Waals surface area contributed by atoms with Crippen molar-refractivity contribution < 1.29 is 23.0 Å². The molecular weight excluding hydrogens is 381 g/mol. The first-order valence-electron chi connectivity index (χ1n) is 5.25. The average Bonchev–Trinajstić information content (AvgIpc) is 2.67. The molecule has 0 radical (unpaired) electrons. The van der Waals surface area contributed by atoms with Crippen molar-refractivity contribution in [1.82, 2.24) is 0 Å². The molecule has 2 nitrogen and oxygen atoms in total. The van der Waals surface area contributed by atoms with Crippen LogP contribution in [0.1, 0.15) is 16.5 Å². The Morgan fingerprint density at radius 2 is 1.95 bits per heavy atom. The van der Waals surface area contributed by atoms with Crippen LogP contribution in [0, 0.1) is 0 Å². The molecular formula is C12H7BrClF3O2S. The number of benzene rings is 1. The van der Waals surface area contributed by atoms with E-state index in [2.05, 4.69) is 20.7 Å². The van der Waals surface area contributed by atoms with E-state index in [4.69, 9.17) is 11.6 Å². The first kappa shape index (κ1) is 15.6. The summed E-state index contributed by atoms with van der Waals surface area (Å²) in [6.07, 6.45) is -6.06. The molecule has 0 aliphatic rings. The van der Waals surface area contributed by atoms with Gasteiger partial charge in [0.15, 0.2) is 0 Å². The topological polar surface area (TPSA) is 29.5 Å². The van der Waals surface area contributed by atoms with Gasteiger partial charge in [-0.1, -0.05) is 29.8 Å². The fourth-order valence-electron chi connectivity index (χ4n) is 1.58. The zero-order chi connectivity index (χ0) is 14.9. The number of halogens is 5. The van der Waals surface area contributed by atoms with Gasteiger partial charge < -0.3 is 9.84 Å². The monoisotopic (exact) mass is 386 g/mol. The van der Waals surface area contributed by atoms with E-state index in [0.29, 0.717) is 13.7 Å². The van der Waals surface area contributed by atoms with E-state index in [1.165, 1.54) is 18.2 Å². The van der Waals surface area contributed by atoms with Crippen LogP contribution in [0.4, 0.5) is 13.2 Å². The second-order valence-electron chi connectivity index (χ2n) is 3.76. The second-order valence-corrected chi connectivity index (χ2v) is 6.30. The van der Waals surface area contributed by atoms with E-state index in [0.717, 1.165) is 17.4 Å². The maximum Gasteiger partial charge on any atom is 0.573 e. The molecule has 2 aromatic rings. The number of rotatable bonds is 3. The molecule has 2 rings (SSSR count). The van der Waals surface area contributed by atoms with Gasteiger partial charge in [-0.2, -0.15) is 0 Å². The predicted octanol–water partition coefficient (Wildman–Crippen LogP) is 5.14. The molecule has 0 aliphatic carbocycles. The van der Waals surface area contributed by atoms with Gasteiger partial charge in [-0.25, -0.2) is 0 Å². The summed E-state index contributed by atoms with van der Waals surface area (Å²) < 4.78 is 41.9. The molecule has 1 aromatic heterocycles. The smallest absolute Gasteiger partial charge is 0.405 e. The van der Waals surface area contributed by atoms with Gasteiger partial charge in [0, 0.05) is 14.9 Å². The number of hydrogen-bond acceptors (Lipinski definition) is 3. The number of aliphatic hydroxyl groups is 1. The van der Waals surface area contributed by atoms with Crippen LogP contribution >= 0.6 is 38.9 Å². The number of hydrogen-bond donors (Lipinski definition) is 1. The highest BCUT2D eigenvalue weighted by atomic mass is 79.9. The standard InChI is InChI=1S/C12H7BrClF3O2S/c13-7-5-9(20-11(7)14)10(18)6-3-1-2-4-8(6)19-12(15,16)17/h1-5,10,18H. The van der Waals surface area contributed by atoms with Gasteiger partial charge in [0.1, 0.15) is 16.2 Å². The molecule has 1 unspecified atom stereocenters. The quantitative estimate of drug-likeness (QED) is 0.790. The van der Waals surface area contributed by atoms with Crippen LogP contribution in [0.5, 0.6) is 5.75 Å². The molecule has 0 saturated carbocycles. The summed E-state index contributed by atoms with van der Waals surface area (Å²) in [6, 6.07) is 6.99. The molecule has 1 N–H and O–H groups in total. The van der Waals surface area contributed by atoms with Crippen LogP contribution < -0.4 is 4.74 Å². The van der Waals surface area contributed by atoms with Crippen LogP contribution in [0.25, 0.3) is 0 Å². The third-order valence-corrected chi connectivity index (χ3v) is 4.90. The Hall–Kier alpha value is -0.760. The highest BCUT2D eigenvalue weighted by molar-refractivity contribution is 9.10. The lowest BCUT2D eigenvalue weighted by molar-refractivity contribution is -0.275. The maximum absolute atomic E-state index is 12.3. The van der Waals surface area contributed by atoms with Gasteiger partial charge in [-0.3, -0.25) is 0 Å². The van der Waals surface area contributed by atoms with Crippen molar-refractivity contribution in [2.75, 3.05) is 0 Å². The summed E-state index contributed by atoms with van der Waals surface area (Å²) in [6.45, 7) is 0. The summed E-state index contributed by atoms with van der Waals surface area (Å²) in [5.74, 6) is -0.437. The minimum absolute atomic E-state index is 0.0234. The fraction of sp³-hybridized carbons (Fsp3) is 0.167. The highest BCUT2D eigenvalue weighted by Gasteiger charge is 2.33. The van der Waals surface area contributed by atoms with Crippen molar-refractivity contribution in [1.29, 1.82) is 0 Å². The molecule has 0 amide bonds. The zero-order valence-corrected chi connectivity index (χ0v) is 12.8. The molecule has 0 bridgehead atoms. The van der Waals surface area contributed by atoms with Crippen molar-refractivity contribution in [2.24, 2.45) is 0 Å². The van der Waals surface area contributed by atoms with Crippen LogP contribution in [0.3, 0.4) is 0 Å². The van der Waals surface area contributed by atoms with Crippen molar-refractivity contribution in [3.8, 4) is 5.75 Å². The van der Waals surface area contributed by atoms with E-state index in [9.17, 15) is 18.3 Å². The van der Waals surface area contributed by atoms with E-state index in [-0.39, 0.29) is 5.56 Å². The van der Waals surface area contributed by atoms with Gasteiger partial charge in [0.05, 0.1) is 0 Å². The Labute approximate surface area is 129 Å². The lowest BCUT2D eigenvalue weighted by Crippen LogP contribution is -2.18. The first-order valence-corrected chi connectivity index (χ1v) is 7.24. The Balaban J connectivity index is 2.37. The number of thiophene rings is 1. The van der Waals surface area contributed by atoms with Crippen molar-refractivity contribution in [3.05, 3.63) is 49.6 Å². The minimum atomic E-state index is -4.82. The molecule has 108 valence electrons. The van der Waals surface area contributed by atoms with Crippen molar-refractivity contribution in [3.63, 3.8) is 0 Å². The molecule has 1 heterocycles. The minimum Gasteiger partial charge on any atom is -0.405 e. The highest BCUT2D eigenvalue weighted by Crippen LogP contribution is 2.40. The summed E-state index contributed by atoms with van der Waals surface area (Å²) in [5.41, 5.74) is 0.0234. The largest absolute Gasteiger partial charge is 0.573 e. The van der Waals surface area contributed by atoms with E-state index >= 15 is 0 Å². The molecule has 0 spiro atoms. The number of para-hydroxylation sites is 1. The average molecular weight is 388 g/mol. The maximum atomic E-state index is 12.3. The Morgan fingerprint density at radius 3 is 2.50 bits per heavy atom. The number of alkyl halides is 3. The van der Waals surface area contributed by atoms with Crippen LogP contribution in [0.15, 0.2) is 34.8 Å². The third kappa shape index (κ3) is 3.66. The van der Waals surface area contributed by atoms with E-state index in [1.54, 1.807) is 6.07 Å². The number of aliphatic hydroxyl groups excluding tert-OH is 1. The van der Waals surface area contributed by atoms with Gasteiger partial charge in [-0.05, 0) is 28.1 Å². The zero-order valence-electron chi connectivity index (χ0n) is 9.62. The molecule has 0 saturated heterocycles. The van der Waals surface area contributed by atoms with Gasteiger partial charge in [0.25, 0.3) is 0 Å². The van der Waals surface area contributed by atoms with Gasteiger partial charge in [-0.15, -0.1) is 24.5 Å². The predicted molar refractivity (Wildman–Crippen MR) is 74.2 cm³/mol. The summed E-state index contributed by atoms with van der Waals surface area (Å²) in [4.78, 5) is 0.417. The summed E-state index contributed by atoms with van der Waals surface area (Å²) in [5, 5.41) is 10.2. The summed E-state index contributed by atoms with van der Waals surface area (Å²) in [7, 11) is 0. The first-order chi connectivity index (χ1) is 9.28. The normalized spacial score (nSPS) is 13.3. The molecule has 20 heavy (non-hydrogen) atoms. The van der Waals surface area contributed by atoms with Crippen molar-refractivity contribution in [2.45, 2.75) is 12.5 Å². The lowest BCUT2D eigenvalue weighted by atomic mass is 10.1. The Morgan fingerprint density at radius 1 is 1.30 bits per heavy atom. The molecule has 1 aromatic carbocycles. The molecule has 1 atom stereocenters. The fourth-order valence-corrected chi connectivity index (χ4v) is 3.32. The second kappa shape index (κ2) is 5.93. The SMILES string of the molecule is OC(c1cc(Br)c(Cl)s1)c1ccccc1OC(F)(F)F. The van der Waals surface area contributed by atoms with Gasteiger partial charge in [0.2, 0.25) is 0 Å². The third-order valence-electron chi connectivity index (χ3n) is 2.37. The summed E-state index contributed by atoms with van der Waals surface area (Å²) >= 11 is 10.1. The Bertz CT molecular complexity index is 595. The van der Waals surface area contributed by atoms with E-state index < -0.39 is 18.2 Å². The van der Waals surface area contributed by atoms with Crippen LogP contribution in [-0.2, 0) is 0 Å². The van der Waals surface area contributed by atoms with Crippen LogP contribution in [-0.4, -0.2) is 11.5 Å². The lowest BCUT2D eigenvalue weighted by Gasteiger charge is -2.16. The van der Waals surface area contributed by atoms with Crippen LogP contribution in [0.2, 0.25) is 4.34 Å². The van der Waals surface area contributed by atoms with Crippen molar-refractivity contribution >= 4 is 38.9 Å². The molecule has 0 aliphatic heterocycles. The van der Waals surface area contributed by atoms with Gasteiger partial charge >= 0.3 is 6.36 Å². The molecule has 8 heteroatoms. The number of ether oxygens (including phenoxy) is 1. The van der Waals surface area contributed by atoms with E-state index in [1.807, 2.05) is 0 Å².